The van der Waals surface area contributed by atoms with Crippen molar-refractivity contribution in [1.29, 1.82) is 0 Å². The Kier molecular flexibility index (Phi) is 5.61. The maximum atomic E-state index is 12.1. The van der Waals surface area contributed by atoms with Gasteiger partial charge in [0.05, 0.1) is 10.8 Å². The molecule has 1 saturated heterocycles. The molecule has 0 amide bonds. The lowest BCUT2D eigenvalue weighted by atomic mass is 10.2. The molecular formula is C9H13Cl2N3OS. The Balaban J connectivity index is 0.00000128. The highest BCUT2D eigenvalue weighted by molar-refractivity contribution is 7.85. The van der Waals surface area contributed by atoms with E-state index in [2.05, 4.69) is 15.3 Å². The second-order valence-electron chi connectivity index (χ2n) is 3.41. The average molecular weight is 282 g/mol. The van der Waals surface area contributed by atoms with Crippen molar-refractivity contribution in [3.63, 3.8) is 0 Å². The van der Waals surface area contributed by atoms with Crippen molar-refractivity contribution in [3.05, 3.63) is 17.5 Å². The van der Waals surface area contributed by atoms with Crippen LogP contribution in [0.15, 0.2) is 17.3 Å². The van der Waals surface area contributed by atoms with E-state index in [4.69, 9.17) is 11.6 Å². The predicted molar refractivity (Wildman–Crippen MR) is 66.6 cm³/mol. The summed E-state index contributed by atoms with van der Waals surface area (Å²) in [5, 5.41) is 4.14. The molecule has 1 aliphatic heterocycles. The normalized spacial score (nSPS) is 18.8. The van der Waals surface area contributed by atoms with Gasteiger partial charge in [0.25, 0.3) is 0 Å². The zero-order chi connectivity index (χ0) is 10.7. The van der Waals surface area contributed by atoms with Crippen molar-refractivity contribution in [1.82, 2.24) is 15.3 Å². The van der Waals surface area contributed by atoms with Crippen LogP contribution in [0.1, 0.15) is 12.8 Å². The number of piperidine rings is 1. The minimum absolute atomic E-state index is 0. The molecule has 1 N–H and O–H groups in total. The minimum atomic E-state index is -1.06. The van der Waals surface area contributed by atoms with Crippen molar-refractivity contribution in [2.45, 2.75) is 23.1 Å². The fourth-order valence-electron chi connectivity index (χ4n) is 1.61. The highest BCUT2D eigenvalue weighted by atomic mass is 35.5. The van der Waals surface area contributed by atoms with Gasteiger partial charge in [-0.2, -0.15) is 0 Å². The zero-order valence-corrected chi connectivity index (χ0v) is 10.9. The van der Waals surface area contributed by atoms with Crippen LogP contribution in [0, 0.1) is 0 Å². The van der Waals surface area contributed by atoms with Crippen LogP contribution >= 0.6 is 24.0 Å². The SMILES string of the molecule is Cl.O=S(c1ccnc(Cl)n1)C1CCNCC1. The van der Waals surface area contributed by atoms with Gasteiger partial charge in [0, 0.05) is 11.4 Å². The summed E-state index contributed by atoms with van der Waals surface area (Å²) in [5.41, 5.74) is 0. The van der Waals surface area contributed by atoms with Gasteiger partial charge < -0.3 is 5.32 Å². The molecule has 2 heterocycles. The van der Waals surface area contributed by atoms with Gasteiger partial charge in [-0.3, -0.25) is 4.21 Å². The number of hydrogen-bond donors (Lipinski definition) is 1. The largest absolute Gasteiger partial charge is 0.317 e. The molecular weight excluding hydrogens is 269 g/mol. The third-order valence-electron chi connectivity index (χ3n) is 2.40. The lowest BCUT2D eigenvalue weighted by Crippen LogP contribution is -2.33. The first-order valence-electron chi connectivity index (χ1n) is 4.87. The van der Waals surface area contributed by atoms with Gasteiger partial charge in [0.1, 0.15) is 5.03 Å². The molecule has 2 rings (SSSR count). The van der Waals surface area contributed by atoms with E-state index in [1.165, 1.54) is 0 Å². The zero-order valence-electron chi connectivity index (χ0n) is 8.56. The third kappa shape index (κ3) is 3.38. The van der Waals surface area contributed by atoms with E-state index in [1.807, 2.05) is 0 Å². The van der Waals surface area contributed by atoms with Gasteiger partial charge >= 0.3 is 0 Å². The fourth-order valence-corrected chi connectivity index (χ4v) is 3.19. The quantitative estimate of drug-likeness (QED) is 0.658. The van der Waals surface area contributed by atoms with Crippen molar-refractivity contribution < 1.29 is 4.21 Å². The lowest BCUT2D eigenvalue weighted by Gasteiger charge is -2.21. The molecule has 1 aliphatic rings. The fraction of sp³-hybridized carbons (Fsp3) is 0.556. The van der Waals surface area contributed by atoms with Crippen molar-refractivity contribution in [2.24, 2.45) is 0 Å². The first kappa shape index (κ1) is 13.8. The van der Waals surface area contributed by atoms with Crippen LogP contribution in [0.4, 0.5) is 0 Å². The van der Waals surface area contributed by atoms with Crippen LogP contribution in [0.25, 0.3) is 0 Å². The second-order valence-corrected chi connectivity index (χ2v) is 5.43. The smallest absolute Gasteiger partial charge is 0.223 e. The van der Waals surface area contributed by atoms with Gasteiger partial charge in [-0.25, -0.2) is 9.97 Å². The van der Waals surface area contributed by atoms with Crippen LogP contribution in [0.2, 0.25) is 5.28 Å². The topological polar surface area (TPSA) is 54.9 Å². The molecule has 4 nitrogen and oxygen atoms in total. The molecule has 7 heteroatoms. The van der Waals surface area contributed by atoms with Crippen LogP contribution in [-0.2, 0) is 10.8 Å². The molecule has 1 unspecified atom stereocenters. The third-order valence-corrected chi connectivity index (χ3v) is 4.29. The highest BCUT2D eigenvalue weighted by Gasteiger charge is 2.21. The molecule has 0 saturated carbocycles. The summed E-state index contributed by atoms with van der Waals surface area (Å²) in [6.07, 6.45) is 3.39. The molecule has 0 bridgehead atoms. The van der Waals surface area contributed by atoms with Crippen molar-refractivity contribution >= 4 is 34.8 Å². The average Bonchev–Trinajstić information content (AvgIpc) is 2.29. The summed E-state index contributed by atoms with van der Waals surface area (Å²) in [6, 6.07) is 1.67. The van der Waals surface area contributed by atoms with Gasteiger partial charge in [0.15, 0.2) is 0 Å². The van der Waals surface area contributed by atoms with E-state index in [9.17, 15) is 4.21 Å². The van der Waals surface area contributed by atoms with Crippen LogP contribution in [0.3, 0.4) is 0 Å². The first-order valence-corrected chi connectivity index (χ1v) is 6.46. The van der Waals surface area contributed by atoms with Gasteiger partial charge in [-0.1, -0.05) is 0 Å². The minimum Gasteiger partial charge on any atom is -0.317 e. The van der Waals surface area contributed by atoms with E-state index in [-0.39, 0.29) is 22.9 Å². The Morgan fingerprint density at radius 2 is 2.12 bits per heavy atom. The summed E-state index contributed by atoms with van der Waals surface area (Å²) in [6.45, 7) is 1.85. The summed E-state index contributed by atoms with van der Waals surface area (Å²) in [7, 11) is -1.06. The van der Waals surface area contributed by atoms with E-state index in [0.717, 1.165) is 25.9 Å². The van der Waals surface area contributed by atoms with Crippen molar-refractivity contribution in [3.8, 4) is 0 Å². The summed E-state index contributed by atoms with van der Waals surface area (Å²) in [4.78, 5) is 7.76. The Hall–Kier alpha value is -0.230. The van der Waals surface area contributed by atoms with Crippen LogP contribution in [0.5, 0.6) is 0 Å². The Labute approximate surface area is 108 Å². The summed E-state index contributed by atoms with van der Waals surface area (Å²) >= 11 is 5.66. The molecule has 1 atom stereocenters. The standard InChI is InChI=1S/C9H12ClN3OS.ClH/c10-9-12-6-3-8(13-9)15(14)7-1-4-11-5-2-7;/h3,6-7,11H,1-2,4-5H2;1H. The van der Waals surface area contributed by atoms with E-state index < -0.39 is 10.8 Å². The molecule has 90 valence electrons. The molecule has 0 aliphatic carbocycles. The maximum absolute atomic E-state index is 12.1. The van der Waals surface area contributed by atoms with E-state index in [0.29, 0.717) is 5.03 Å². The molecule has 1 fully saturated rings. The number of hydrogen-bond acceptors (Lipinski definition) is 4. The first-order chi connectivity index (χ1) is 7.27. The monoisotopic (exact) mass is 281 g/mol. The van der Waals surface area contributed by atoms with Gasteiger partial charge in [0.2, 0.25) is 5.28 Å². The van der Waals surface area contributed by atoms with Crippen LogP contribution in [-0.4, -0.2) is 32.5 Å². The van der Waals surface area contributed by atoms with Crippen LogP contribution < -0.4 is 5.32 Å². The molecule has 16 heavy (non-hydrogen) atoms. The number of nitrogens with one attached hydrogen (secondary N) is 1. The van der Waals surface area contributed by atoms with E-state index >= 15 is 0 Å². The molecule has 1 aromatic rings. The molecule has 0 aromatic carbocycles. The highest BCUT2D eigenvalue weighted by Crippen LogP contribution is 2.17. The lowest BCUT2D eigenvalue weighted by molar-refractivity contribution is 0.518. The van der Waals surface area contributed by atoms with E-state index in [1.54, 1.807) is 12.3 Å². The maximum Gasteiger partial charge on any atom is 0.223 e. The number of rotatable bonds is 2. The second kappa shape index (κ2) is 6.49. The number of halogens is 2. The summed E-state index contributed by atoms with van der Waals surface area (Å²) in [5.74, 6) is 0. The number of nitrogens with zero attached hydrogens (tertiary/aromatic N) is 2. The number of aromatic nitrogens is 2. The Morgan fingerprint density at radius 3 is 2.75 bits per heavy atom. The van der Waals surface area contributed by atoms with Crippen molar-refractivity contribution in [2.75, 3.05) is 13.1 Å². The molecule has 0 radical (unpaired) electrons. The molecule has 1 aromatic heterocycles. The predicted octanol–water partition coefficient (Wildman–Crippen LogP) is 1.41. The summed E-state index contributed by atoms with van der Waals surface area (Å²) < 4.78 is 12.1. The Bertz CT molecular complexity index is 372. The Morgan fingerprint density at radius 1 is 1.44 bits per heavy atom. The van der Waals surface area contributed by atoms with Gasteiger partial charge in [-0.05, 0) is 43.6 Å². The molecule has 0 spiro atoms. The van der Waals surface area contributed by atoms with Gasteiger partial charge in [-0.15, -0.1) is 12.4 Å².